The largest absolute Gasteiger partial charge is 0.345 e. The minimum Gasteiger partial charge on any atom is -0.345 e. The molecule has 2 aromatic carbocycles. The molecular weight excluding hydrogens is 286 g/mol. The molecule has 0 aliphatic carbocycles. The number of rotatable bonds is 5. The van der Waals surface area contributed by atoms with E-state index < -0.39 is 0 Å². The van der Waals surface area contributed by atoms with Gasteiger partial charge in [-0.2, -0.15) is 0 Å². The van der Waals surface area contributed by atoms with Gasteiger partial charge in [0.1, 0.15) is 0 Å². The number of carbonyl (C=O) groups excluding carboxylic acids is 2. The summed E-state index contributed by atoms with van der Waals surface area (Å²) in [4.78, 5) is 25.0. The third-order valence-corrected chi connectivity index (χ3v) is 3.28. The van der Waals surface area contributed by atoms with Gasteiger partial charge < -0.3 is 4.90 Å². The van der Waals surface area contributed by atoms with E-state index >= 15 is 0 Å². The lowest BCUT2D eigenvalue weighted by molar-refractivity contribution is -0.123. The summed E-state index contributed by atoms with van der Waals surface area (Å²) in [5.74, 6) is -0.0754. The molecule has 0 radical (unpaired) electrons. The first-order valence-corrected chi connectivity index (χ1v) is 7.33. The molecule has 0 spiro atoms. The zero-order chi connectivity index (χ0) is 16.7. The standard InChI is InChI=1S/C20H19NO2/c1-21(2)20(23)15-13-17-10-8-16(9-11-17)12-14-19(22)18-6-4-3-5-7-18/h3-15H,1-2H3/b14-12+,15-13+. The number of ketones is 1. The van der Waals surface area contributed by atoms with Crippen molar-refractivity contribution in [1.82, 2.24) is 4.90 Å². The molecule has 0 aromatic heterocycles. The van der Waals surface area contributed by atoms with Crippen molar-refractivity contribution in [3.8, 4) is 0 Å². The van der Waals surface area contributed by atoms with E-state index in [9.17, 15) is 9.59 Å². The highest BCUT2D eigenvalue weighted by atomic mass is 16.2. The molecule has 0 N–H and O–H groups in total. The molecule has 0 fully saturated rings. The average Bonchev–Trinajstić information content (AvgIpc) is 2.59. The summed E-state index contributed by atoms with van der Waals surface area (Å²) in [6.45, 7) is 0. The van der Waals surface area contributed by atoms with Gasteiger partial charge in [-0.15, -0.1) is 0 Å². The Morgan fingerprint density at radius 2 is 1.30 bits per heavy atom. The molecule has 1 amide bonds. The Labute approximate surface area is 136 Å². The predicted molar refractivity (Wildman–Crippen MR) is 94.0 cm³/mol. The zero-order valence-electron chi connectivity index (χ0n) is 13.3. The van der Waals surface area contributed by atoms with Crippen molar-refractivity contribution >= 4 is 23.8 Å². The summed E-state index contributed by atoms with van der Waals surface area (Å²) in [5.41, 5.74) is 2.54. The van der Waals surface area contributed by atoms with E-state index in [1.807, 2.05) is 42.5 Å². The van der Waals surface area contributed by atoms with Crippen molar-refractivity contribution in [2.45, 2.75) is 0 Å². The summed E-state index contributed by atoms with van der Waals surface area (Å²) in [7, 11) is 3.43. The zero-order valence-corrected chi connectivity index (χ0v) is 13.3. The minimum atomic E-state index is -0.0533. The lowest BCUT2D eigenvalue weighted by atomic mass is 10.1. The number of allylic oxidation sites excluding steroid dienone is 1. The summed E-state index contributed by atoms with van der Waals surface area (Å²) in [5, 5.41) is 0. The maximum atomic E-state index is 12.0. The topological polar surface area (TPSA) is 37.4 Å². The lowest BCUT2D eigenvalue weighted by Gasteiger charge is -2.05. The van der Waals surface area contributed by atoms with Gasteiger partial charge in [-0.25, -0.2) is 0 Å². The van der Waals surface area contributed by atoms with Gasteiger partial charge in [0.05, 0.1) is 0 Å². The first-order valence-electron chi connectivity index (χ1n) is 7.33. The fourth-order valence-electron chi connectivity index (χ4n) is 1.91. The summed E-state index contributed by atoms with van der Waals surface area (Å²) >= 11 is 0. The van der Waals surface area contributed by atoms with Crippen LogP contribution in [0.4, 0.5) is 0 Å². The lowest BCUT2D eigenvalue weighted by Crippen LogP contribution is -2.18. The highest BCUT2D eigenvalue weighted by Crippen LogP contribution is 2.09. The van der Waals surface area contributed by atoms with Crippen LogP contribution in [0.3, 0.4) is 0 Å². The van der Waals surface area contributed by atoms with E-state index in [1.165, 1.54) is 11.0 Å². The second kappa shape index (κ2) is 7.90. The van der Waals surface area contributed by atoms with E-state index in [0.29, 0.717) is 5.56 Å². The van der Waals surface area contributed by atoms with Gasteiger partial charge in [-0.1, -0.05) is 60.7 Å². The number of benzene rings is 2. The molecule has 116 valence electrons. The first kappa shape index (κ1) is 16.4. The van der Waals surface area contributed by atoms with Crippen molar-refractivity contribution < 1.29 is 9.59 Å². The number of carbonyl (C=O) groups is 2. The number of likely N-dealkylation sites (N-methyl/N-ethyl adjacent to an activating group) is 1. The Bertz CT molecular complexity index is 726. The van der Waals surface area contributed by atoms with Crippen molar-refractivity contribution in [3.05, 3.63) is 83.4 Å². The van der Waals surface area contributed by atoms with Crippen LogP contribution in [0.5, 0.6) is 0 Å². The van der Waals surface area contributed by atoms with Gasteiger partial charge in [-0.05, 0) is 23.3 Å². The molecule has 2 aromatic rings. The molecule has 0 saturated heterocycles. The molecule has 3 nitrogen and oxygen atoms in total. The molecule has 0 unspecified atom stereocenters. The predicted octanol–water partition coefficient (Wildman–Crippen LogP) is 3.68. The second-order valence-corrected chi connectivity index (χ2v) is 5.30. The van der Waals surface area contributed by atoms with Gasteiger partial charge in [0.2, 0.25) is 5.91 Å². The SMILES string of the molecule is CN(C)C(=O)/C=C/c1ccc(/C=C/C(=O)c2ccccc2)cc1. The monoisotopic (exact) mass is 305 g/mol. The maximum absolute atomic E-state index is 12.0. The summed E-state index contributed by atoms with van der Waals surface area (Å²) in [6, 6.07) is 16.8. The van der Waals surface area contributed by atoms with Gasteiger partial charge in [-0.3, -0.25) is 9.59 Å². The van der Waals surface area contributed by atoms with Crippen molar-refractivity contribution in [2.75, 3.05) is 14.1 Å². The van der Waals surface area contributed by atoms with Crippen molar-refractivity contribution in [2.24, 2.45) is 0 Å². The smallest absolute Gasteiger partial charge is 0.246 e. The molecule has 23 heavy (non-hydrogen) atoms. The van der Waals surface area contributed by atoms with Crippen LogP contribution >= 0.6 is 0 Å². The molecule has 0 heterocycles. The Morgan fingerprint density at radius 1 is 0.783 bits per heavy atom. The van der Waals surface area contributed by atoms with Crippen LogP contribution in [0.15, 0.2) is 66.7 Å². The van der Waals surface area contributed by atoms with E-state index in [1.54, 1.807) is 44.5 Å². The fourth-order valence-corrected chi connectivity index (χ4v) is 1.91. The Balaban J connectivity index is 2.01. The van der Waals surface area contributed by atoms with Crippen LogP contribution in [0.2, 0.25) is 0 Å². The van der Waals surface area contributed by atoms with E-state index in [0.717, 1.165) is 11.1 Å². The van der Waals surface area contributed by atoms with Crippen LogP contribution in [0.25, 0.3) is 12.2 Å². The Kier molecular flexibility index (Phi) is 5.64. The maximum Gasteiger partial charge on any atom is 0.246 e. The molecule has 0 saturated carbocycles. The van der Waals surface area contributed by atoms with Crippen molar-refractivity contribution in [1.29, 1.82) is 0 Å². The van der Waals surface area contributed by atoms with Crippen LogP contribution in [-0.2, 0) is 4.79 Å². The fraction of sp³-hybridized carbons (Fsp3) is 0.100. The number of hydrogen-bond acceptors (Lipinski definition) is 2. The average molecular weight is 305 g/mol. The van der Waals surface area contributed by atoms with Crippen molar-refractivity contribution in [3.63, 3.8) is 0 Å². The first-order chi connectivity index (χ1) is 11.1. The van der Waals surface area contributed by atoms with Crippen LogP contribution in [-0.4, -0.2) is 30.7 Å². The van der Waals surface area contributed by atoms with Gasteiger partial charge in [0.25, 0.3) is 0 Å². The van der Waals surface area contributed by atoms with E-state index in [4.69, 9.17) is 0 Å². The Hall–Kier alpha value is -2.94. The van der Waals surface area contributed by atoms with Crippen LogP contribution < -0.4 is 0 Å². The van der Waals surface area contributed by atoms with E-state index in [-0.39, 0.29) is 11.7 Å². The third-order valence-electron chi connectivity index (χ3n) is 3.28. The Morgan fingerprint density at radius 3 is 1.83 bits per heavy atom. The molecule has 3 heteroatoms. The summed E-state index contributed by atoms with van der Waals surface area (Å²) in [6.07, 6.45) is 6.65. The molecule has 0 bridgehead atoms. The third kappa shape index (κ3) is 5.08. The second-order valence-electron chi connectivity index (χ2n) is 5.30. The van der Waals surface area contributed by atoms with Gasteiger partial charge >= 0.3 is 0 Å². The highest BCUT2D eigenvalue weighted by molar-refractivity contribution is 6.06. The number of nitrogens with zero attached hydrogens (tertiary/aromatic N) is 1. The molecule has 0 aliphatic rings. The highest BCUT2D eigenvalue weighted by Gasteiger charge is 2.00. The summed E-state index contributed by atoms with van der Waals surface area (Å²) < 4.78 is 0. The molecule has 2 rings (SSSR count). The number of amides is 1. The van der Waals surface area contributed by atoms with Crippen LogP contribution in [0.1, 0.15) is 21.5 Å². The van der Waals surface area contributed by atoms with Gasteiger partial charge in [0, 0.05) is 25.7 Å². The quantitative estimate of drug-likeness (QED) is 0.624. The normalized spacial score (nSPS) is 11.0. The van der Waals surface area contributed by atoms with Gasteiger partial charge in [0.15, 0.2) is 5.78 Å². The van der Waals surface area contributed by atoms with E-state index in [2.05, 4.69) is 0 Å². The molecular formula is C20H19NO2. The minimum absolute atomic E-state index is 0.0221. The number of hydrogen-bond donors (Lipinski definition) is 0. The van der Waals surface area contributed by atoms with Crippen LogP contribution in [0, 0.1) is 0 Å². The molecule has 0 atom stereocenters. The molecule has 0 aliphatic heterocycles.